The second-order valence-corrected chi connectivity index (χ2v) is 5.20. The Hall–Kier alpha value is -1.07. The van der Waals surface area contributed by atoms with Crippen molar-refractivity contribution in [3.05, 3.63) is 16.3 Å². The minimum absolute atomic E-state index is 0.0701. The lowest BCUT2D eigenvalue weighted by atomic mass is 10.00. The van der Waals surface area contributed by atoms with E-state index in [4.69, 9.17) is 10.5 Å². The minimum atomic E-state index is -0.0701. The van der Waals surface area contributed by atoms with Gasteiger partial charge in [0.1, 0.15) is 4.88 Å². The van der Waals surface area contributed by atoms with E-state index in [0.717, 1.165) is 19.4 Å². The van der Waals surface area contributed by atoms with Crippen LogP contribution in [0.5, 0.6) is 0 Å². The number of anilines is 1. The van der Waals surface area contributed by atoms with Gasteiger partial charge < -0.3 is 15.8 Å². The van der Waals surface area contributed by atoms with Crippen molar-refractivity contribution >= 4 is 22.9 Å². The monoisotopic (exact) mass is 254 g/mol. The molecule has 0 bridgehead atoms. The second kappa shape index (κ2) is 5.51. The lowest BCUT2D eigenvalue weighted by molar-refractivity contribution is 0.0828. The molecule has 2 heterocycles. The van der Waals surface area contributed by atoms with Gasteiger partial charge in [0.2, 0.25) is 0 Å². The number of amides is 1. The molecule has 94 valence electrons. The largest absolute Gasteiger partial charge is 0.397 e. The lowest BCUT2D eigenvalue weighted by Gasteiger charge is -2.17. The summed E-state index contributed by atoms with van der Waals surface area (Å²) in [6.07, 6.45) is 2.32. The summed E-state index contributed by atoms with van der Waals surface area (Å²) in [5, 5.41) is 4.77. The van der Waals surface area contributed by atoms with Gasteiger partial charge in [0, 0.05) is 19.1 Å². The normalized spacial score (nSPS) is 23.8. The van der Waals surface area contributed by atoms with Gasteiger partial charge in [-0.1, -0.05) is 6.92 Å². The van der Waals surface area contributed by atoms with Crippen molar-refractivity contribution in [3.8, 4) is 0 Å². The standard InChI is InChI=1S/C12H18N2O2S/c1-2-10-8(3-5-16-10)7-14-12(15)11-9(13)4-6-17-11/h4,6,8,10H,2-3,5,7,13H2,1H3,(H,14,15). The Morgan fingerprint density at radius 2 is 2.53 bits per heavy atom. The van der Waals surface area contributed by atoms with E-state index in [0.29, 0.717) is 23.0 Å². The van der Waals surface area contributed by atoms with Crippen molar-refractivity contribution in [1.82, 2.24) is 5.32 Å². The summed E-state index contributed by atoms with van der Waals surface area (Å²) in [6, 6.07) is 1.76. The first-order valence-corrected chi connectivity index (χ1v) is 6.83. The number of hydrogen-bond acceptors (Lipinski definition) is 4. The molecule has 4 nitrogen and oxygen atoms in total. The number of nitrogens with one attached hydrogen (secondary N) is 1. The van der Waals surface area contributed by atoms with Crippen LogP contribution in [-0.4, -0.2) is 25.2 Å². The molecule has 1 fully saturated rings. The lowest BCUT2D eigenvalue weighted by Crippen LogP contribution is -2.32. The van der Waals surface area contributed by atoms with Crippen LogP contribution in [0.15, 0.2) is 11.4 Å². The van der Waals surface area contributed by atoms with Crippen LogP contribution >= 0.6 is 11.3 Å². The van der Waals surface area contributed by atoms with Crippen LogP contribution in [0.25, 0.3) is 0 Å². The zero-order valence-corrected chi connectivity index (χ0v) is 10.8. The zero-order valence-electron chi connectivity index (χ0n) is 9.94. The Labute approximate surface area is 105 Å². The molecule has 1 amide bonds. The number of thiophene rings is 1. The number of nitrogen functional groups attached to an aromatic ring is 1. The third kappa shape index (κ3) is 2.79. The molecule has 2 rings (SSSR count). The van der Waals surface area contributed by atoms with Gasteiger partial charge >= 0.3 is 0 Å². The van der Waals surface area contributed by atoms with E-state index in [-0.39, 0.29) is 12.0 Å². The van der Waals surface area contributed by atoms with Crippen LogP contribution in [0, 0.1) is 5.92 Å². The Morgan fingerprint density at radius 3 is 3.18 bits per heavy atom. The van der Waals surface area contributed by atoms with Gasteiger partial charge in [-0.05, 0) is 24.3 Å². The molecule has 2 unspecified atom stereocenters. The summed E-state index contributed by atoms with van der Waals surface area (Å²) in [5.41, 5.74) is 6.26. The average molecular weight is 254 g/mol. The highest BCUT2D eigenvalue weighted by Crippen LogP contribution is 2.23. The van der Waals surface area contributed by atoms with Gasteiger partial charge in [-0.25, -0.2) is 0 Å². The molecule has 0 spiro atoms. The van der Waals surface area contributed by atoms with Crippen LogP contribution in [-0.2, 0) is 4.74 Å². The van der Waals surface area contributed by atoms with Gasteiger partial charge in [0.25, 0.3) is 5.91 Å². The summed E-state index contributed by atoms with van der Waals surface area (Å²) >= 11 is 1.38. The Kier molecular flexibility index (Phi) is 4.02. The first-order valence-electron chi connectivity index (χ1n) is 5.95. The molecule has 0 aliphatic carbocycles. The van der Waals surface area contributed by atoms with Crippen molar-refractivity contribution in [2.75, 3.05) is 18.9 Å². The van der Waals surface area contributed by atoms with Crippen molar-refractivity contribution in [3.63, 3.8) is 0 Å². The molecule has 17 heavy (non-hydrogen) atoms. The Morgan fingerprint density at radius 1 is 1.71 bits per heavy atom. The third-order valence-corrected chi connectivity index (χ3v) is 4.10. The van der Waals surface area contributed by atoms with Crippen molar-refractivity contribution in [1.29, 1.82) is 0 Å². The van der Waals surface area contributed by atoms with E-state index in [9.17, 15) is 4.79 Å². The van der Waals surface area contributed by atoms with Gasteiger partial charge in [-0.2, -0.15) is 0 Å². The van der Waals surface area contributed by atoms with E-state index in [1.165, 1.54) is 11.3 Å². The highest BCUT2D eigenvalue weighted by molar-refractivity contribution is 7.12. The first-order chi connectivity index (χ1) is 8.22. The third-order valence-electron chi connectivity index (χ3n) is 3.18. The smallest absolute Gasteiger partial charge is 0.263 e. The molecule has 1 saturated heterocycles. The molecule has 3 N–H and O–H groups in total. The van der Waals surface area contributed by atoms with Gasteiger partial charge in [0.15, 0.2) is 0 Å². The van der Waals surface area contributed by atoms with Crippen LogP contribution in [0.1, 0.15) is 29.4 Å². The van der Waals surface area contributed by atoms with Crippen LogP contribution < -0.4 is 11.1 Å². The topological polar surface area (TPSA) is 64.3 Å². The first kappa shape index (κ1) is 12.4. The number of rotatable bonds is 4. The molecule has 0 saturated carbocycles. The fourth-order valence-corrected chi connectivity index (χ4v) is 2.92. The fraction of sp³-hybridized carbons (Fsp3) is 0.583. The molecular formula is C12H18N2O2S. The van der Waals surface area contributed by atoms with Gasteiger partial charge in [0.05, 0.1) is 11.8 Å². The molecule has 0 aromatic carbocycles. The van der Waals surface area contributed by atoms with Crippen molar-refractivity contribution in [2.45, 2.75) is 25.9 Å². The molecule has 2 atom stereocenters. The van der Waals surface area contributed by atoms with Gasteiger partial charge in [-0.15, -0.1) is 11.3 Å². The van der Waals surface area contributed by atoms with E-state index >= 15 is 0 Å². The van der Waals surface area contributed by atoms with E-state index < -0.39 is 0 Å². The number of ether oxygens (including phenoxy) is 1. The van der Waals surface area contributed by atoms with Crippen molar-refractivity contribution in [2.24, 2.45) is 5.92 Å². The maximum Gasteiger partial charge on any atom is 0.263 e. The minimum Gasteiger partial charge on any atom is -0.397 e. The molecule has 1 aromatic heterocycles. The highest BCUT2D eigenvalue weighted by Gasteiger charge is 2.27. The Balaban J connectivity index is 1.86. The molecule has 1 aromatic rings. The highest BCUT2D eigenvalue weighted by atomic mass is 32.1. The molecule has 1 aliphatic rings. The van der Waals surface area contributed by atoms with E-state index in [2.05, 4.69) is 12.2 Å². The summed E-state index contributed by atoms with van der Waals surface area (Å²) in [4.78, 5) is 12.5. The quantitative estimate of drug-likeness (QED) is 0.862. The van der Waals surface area contributed by atoms with E-state index in [1.54, 1.807) is 6.07 Å². The number of carbonyl (C=O) groups is 1. The van der Waals surface area contributed by atoms with Crippen LogP contribution in [0.2, 0.25) is 0 Å². The van der Waals surface area contributed by atoms with Crippen LogP contribution in [0.3, 0.4) is 0 Å². The molecule has 1 aliphatic heterocycles. The Bertz CT molecular complexity index is 392. The number of carbonyl (C=O) groups excluding carboxylic acids is 1. The maximum atomic E-state index is 11.9. The summed E-state index contributed by atoms with van der Waals surface area (Å²) in [7, 11) is 0. The number of nitrogens with two attached hydrogens (primary N) is 1. The fourth-order valence-electron chi connectivity index (χ4n) is 2.19. The summed E-state index contributed by atoms with van der Waals surface area (Å²) < 4.78 is 5.59. The molecular weight excluding hydrogens is 236 g/mol. The predicted octanol–water partition coefficient (Wildman–Crippen LogP) is 1.88. The molecule has 5 heteroatoms. The summed E-state index contributed by atoms with van der Waals surface area (Å²) in [5.74, 6) is 0.365. The molecule has 0 radical (unpaired) electrons. The average Bonchev–Trinajstić information content (AvgIpc) is 2.94. The van der Waals surface area contributed by atoms with E-state index in [1.807, 2.05) is 5.38 Å². The maximum absolute atomic E-state index is 11.9. The number of hydrogen-bond donors (Lipinski definition) is 2. The van der Waals surface area contributed by atoms with Gasteiger partial charge in [-0.3, -0.25) is 4.79 Å². The summed E-state index contributed by atoms with van der Waals surface area (Å²) in [6.45, 7) is 3.59. The SMILES string of the molecule is CCC1OCCC1CNC(=O)c1sccc1N. The van der Waals surface area contributed by atoms with Crippen molar-refractivity contribution < 1.29 is 9.53 Å². The zero-order chi connectivity index (χ0) is 12.3. The predicted molar refractivity (Wildman–Crippen MR) is 69.2 cm³/mol. The van der Waals surface area contributed by atoms with Crippen LogP contribution in [0.4, 0.5) is 5.69 Å². The second-order valence-electron chi connectivity index (χ2n) is 4.28.